The molecule has 0 aliphatic rings. The minimum absolute atomic E-state index is 0.184. The van der Waals surface area contributed by atoms with Crippen LogP contribution in [0.3, 0.4) is 0 Å². The molecule has 72 valence electrons. The molecule has 0 radical (unpaired) electrons. The average molecular weight is 207 g/mol. The number of thiazole rings is 1. The first kappa shape index (κ1) is 9.34. The highest BCUT2D eigenvalue weighted by Crippen LogP contribution is 2.16. The molecule has 0 aliphatic heterocycles. The average Bonchev–Trinajstić information content (AvgIpc) is 2.51. The predicted octanol–water partition coefficient (Wildman–Crippen LogP) is 3.18. The van der Waals surface area contributed by atoms with Crippen molar-refractivity contribution in [2.45, 2.75) is 13.3 Å². The molecule has 3 heteroatoms. The molecule has 2 rings (SSSR count). The normalized spacial score (nSPS) is 10.4. The van der Waals surface area contributed by atoms with Gasteiger partial charge in [-0.15, -0.1) is 11.3 Å². The lowest BCUT2D eigenvalue weighted by molar-refractivity contribution is 0.626. The lowest BCUT2D eigenvalue weighted by Gasteiger charge is -1.97. The summed E-state index contributed by atoms with van der Waals surface area (Å²) in [7, 11) is 0. The van der Waals surface area contributed by atoms with Gasteiger partial charge in [0.2, 0.25) is 0 Å². The number of hydrogen-bond donors (Lipinski definition) is 0. The number of halogens is 1. The van der Waals surface area contributed by atoms with Crippen LogP contribution in [-0.2, 0) is 6.42 Å². The monoisotopic (exact) mass is 207 g/mol. The van der Waals surface area contributed by atoms with Gasteiger partial charge in [-0.3, -0.25) is 0 Å². The summed E-state index contributed by atoms with van der Waals surface area (Å²) in [5.74, 6) is -0.184. The molecule has 1 heterocycles. The van der Waals surface area contributed by atoms with Crippen LogP contribution in [-0.4, -0.2) is 4.98 Å². The number of nitrogens with zero attached hydrogens (tertiary/aromatic N) is 1. The fourth-order valence-corrected chi connectivity index (χ4v) is 2.13. The highest BCUT2D eigenvalue weighted by Gasteiger charge is 2.01. The van der Waals surface area contributed by atoms with Gasteiger partial charge < -0.3 is 0 Å². The van der Waals surface area contributed by atoms with Gasteiger partial charge in [0.15, 0.2) is 0 Å². The first-order chi connectivity index (χ1) is 6.74. The number of hydrogen-bond acceptors (Lipinski definition) is 2. The molecule has 0 saturated heterocycles. The van der Waals surface area contributed by atoms with Crippen LogP contribution in [0.4, 0.5) is 4.39 Å². The third kappa shape index (κ3) is 2.17. The first-order valence-electron chi connectivity index (χ1n) is 4.40. The van der Waals surface area contributed by atoms with Crippen molar-refractivity contribution in [1.29, 1.82) is 0 Å². The van der Waals surface area contributed by atoms with Crippen LogP contribution in [0.25, 0.3) is 0 Å². The molecule has 1 nitrogen and oxygen atoms in total. The van der Waals surface area contributed by atoms with E-state index >= 15 is 0 Å². The highest BCUT2D eigenvalue weighted by molar-refractivity contribution is 7.11. The predicted molar refractivity (Wildman–Crippen MR) is 56.1 cm³/mol. The Hall–Kier alpha value is -1.22. The molecule has 0 N–H and O–H groups in total. The molecule has 0 spiro atoms. The van der Waals surface area contributed by atoms with Crippen molar-refractivity contribution in [3.63, 3.8) is 0 Å². The maximum Gasteiger partial charge on any atom is 0.123 e. The fraction of sp³-hybridized carbons (Fsp3) is 0.182. The standard InChI is InChI=1S/C11H10FNS/c1-8-7-13-11(14-8)6-9-3-2-4-10(12)5-9/h2-5,7H,6H2,1H3. The summed E-state index contributed by atoms with van der Waals surface area (Å²) >= 11 is 1.65. The van der Waals surface area contributed by atoms with Crippen molar-refractivity contribution in [2.75, 3.05) is 0 Å². The molecule has 1 aromatic carbocycles. The zero-order valence-corrected chi connectivity index (χ0v) is 8.64. The summed E-state index contributed by atoms with van der Waals surface area (Å²) in [6.45, 7) is 2.02. The first-order valence-corrected chi connectivity index (χ1v) is 5.21. The Labute approximate surface area is 86.2 Å². The van der Waals surface area contributed by atoms with Gasteiger partial charge in [0.1, 0.15) is 5.82 Å². The molecule has 14 heavy (non-hydrogen) atoms. The smallest absolute Gasteiger partial charge is 0.123 e. The van der Waals surface area contributed by atoms with Gasteiger partial charge in [0.25, 0.3) is 0 Å². The van der Waals surface area contributed by atoms with Gasteiger partial charge in [-0.25, -0.2) is 9.37 Å². The molecule has 0 unspecified atom stereocenters. The SMILES string of the molecule is Cc1cnc(Cc2cccc(F)c2)s1. The van der Waals surface area contributed by atoms with Gasteiger partial charge in [-0.05, 0) is 24.6 Å². The van der Waals surface area contributed by atoms with Crippen LogP contribution >= 0.6 is 11.3 Å². The molecular weight excluding hydrogens is 197 g/mol. The molecule has 0 saturated carbocycles. The van der Waals surface area contributed by atoms with Gasteiger partial charge in [-0.1, -0.05) is 12.1 Å². The molecule has 0 atom stereocenters. The van der Waals surface area contributed by atoms with Gasteiger partial charge in [-0.2, -0.15) is 0 Å². The van der Waals surface area contributed by atoms with Crippen molar-refractivity contribution in [3.05, 3.63) is 51.7 Å². The van der Waals surface area contributed by atoms with Crippen molar-refractivity contribution in [2.24, 2.45) is 0 Å². The Morgan fingerprint density at radius 1 is 1.43 bits per heavy atom. The topological polar surface area (TPSA) is 12.9 Å². The quantitative estimate of drug-likeness (QED) is 0.737. The minimum atomic E-state index is -0.184. The van der Waals surface area contributed by atoms with E-state index in [1.165, 1.54) is 10.9 Å². The van der Waals surface area contributed by atoms with E-state index in [0.717, 1.165) is 17.0 Å². The van der Waals surface area contributed by atoms with Crippen molar-refractivity contribution in [1.82, 2.24) is 4.98 Å². The lowest BCUT2D eigenvalue weighted by Crippen LogP contribution is -1.87. The number of rotatable bonds is 2. The number of aryl methyl sites for hydroxylation is 1. The number of aromatic nitrogens is 1. The van der Waals surface area contributed by atoms with E-state index in [1.54, 1.807) is 23.5 Å². The maximum atomic E-state index is 12.9. The van der Waals surface area contributed by atoms with E-state index in [1.807, 2.05) is 19.2 Å². The molecule has 2 aromatic rings. The Bertz CT molecular complexity index is 436. The summed E-state index contributed by atoms with van der Waals surface area (Å²) in [6.07, 6.45) is 2.57. The molecule has 0 aliphatic carbocycles. The van der Waals surface area contributed by atoms with Crippen molar-refractivity contribution < 1.29 is 4.39 Å². The third-order valence-corrected chi connectivity index (χ3v) is 2.83. The largest absolute Gasteiger partial charge is 0.249 e. The third-order valence-electron chi connectivity index (χ3n) is 1.91. The Morgan fingerprint density at radius 2 is 2.29 bits per heavy atom. The van der Waals surface area contributed by atoms with Gasteiger partial charge >= 0.3 is 0 Å². The van der Waals surface area contributed by atoms with Crippen molar-refractivity contribution >= 4 is 11.3 Å². The van der Waals surface area contributed by atoms with E-state index < -0.39 is 0 Å². The van der Waals surface area contributed by atoms with Crippen molar-refractivity contribution in [3.8, 4) is 0 Å². The molecule has 0 fully saturated rings. The molecule has 0 bridgehead atoms. The van der Waals surface area contributed by atoms with Crippen LogP contribution < -0.4 is 0 Å². The van der Waals surface area contributed by atoms with E-state index in [9.17, 15) is 4.39 Å². The van der Waals surface area contributed by atoms with Crippen LogP contribution in [0.5, 0.6) is 0 Å². The zero-order chi connectivity index (χ0) is 9.97. The van der Waals surface area contributed by atoms with Crippen LogP contribution in [0.15, 0.2) is 30.5 Å². The Morgan fingerprint density at radius 3 is 2.93 bits per heavy atom. The van der Waals surface area contributed by atoms with Crippen LogP contribution in [0, 0.1) is 12.7 Å². The minimum Gasteiger partial charge on any atom is -0.249 e. The molecule has 1 aromatic heterocycles. The van der Waals surface area contributed by atoms with Gasteiger partial charge in [0.05, 0.1) is 5.01 Å². The van der Waals surface area contributed by atoms with Crippen LogP contribution in [0.2, 0.25) is 0 Å². The number of benzene rings is 1. The van der Waals surface area contributed by atoms with Crippen LogP contribution in [0.1, 0.15) is 15.4 Å². The molecule has 0 amide bonds. The van der Waals surface area contributed by atoms with Gasteiger partial charge in [0, 0.05) is 17.5 Å². The fourth-order valence-electron chi connectivity index (χ4n) is 1.30. The lowest BCUT2D eigenvalue weighted by atomic mass is 10.1. The highest BCUT2D eigenvalue weighted by atomic mass is 32.1. The van der Waals surface area contributed by atoms with E-state index in [0.29, 0.717) is 0 Å². The van der Waals surface area contributed by atoms with E-state index in [2.05, 4.69) is 4.98 Å². The summed E-state index contributed by atoms with van der Waals surface area (Å²) in [5.41, 5.74) is 0.972. The summed E-state index contributed by atoms with van der Waals surface area (Å²) < 4.78 is 12.9. The van der Waals surface area contributed by atoms with E-state index in [-0.39, 0.29) is 5.82 Å². The Kier molecular flexibility index (Phi) is 2.59. The summed E-state index contributed by atoms with van der Waals surface area (Å²) in [5, 5.41) is 1.04. The second-order valence-electron chi connectivity index (χ2n) is 3.17. The summed E-state index contributed by atoms with van der Waals surface area (Å²) in [4.78, 5) is 5.43. The second kappa shape index (κ2) is 3.88. The maximum absolute atomic E-state index is 12.9. The summed E-state index contributed by atoms with van der Waals surface area (Å²) in [6, 6.07) is 6.65. The Balaban J connectivity index is 2.18. The molecular formula is C11H10FNS. The zero-order valence-electron chi connectivity index (χ0n) is 7.83. The van der Waals surface area contributed by atoms with E-state index in [4.69, 9.17) is 0 Å². The second-order valence-corrected chi connectivity index (χ2v) is 4.49.